The van der Waals surface area contributed by atoms with Crippen molar-refractivity contribution < 1.29 is 14.0 Å². The van der Waals surface area contributed by atoms with Crippen molar-refractivity contribution in [3.05, 3.63) is 77.1 Å². The standard InChI is InChI=1S/C19H19FN2O2/c1-2-14-3-5-15(6-4-14)9-12-18(23)21-22-19(24)13-16-7-10-17(20)11-8-16/h3-12H,2,13H2,1H3,(H,21,23)(H,22,24)/b12-9+. The predicted octanol–water partition coefficient (Wildman–Crippen LogP) is 2.79. The van der Waals surface area contributed by atoms with E-state index in [9.17, 15) is 14.0 Å². The van der Waals surface area contributed by atoms with Gasteiger partial charge in [0.1, 0.15) is 5.82 Å². The maximum Gasteiger partial charge on any atom is 0.262 e. The van der Waals surface area contributed by atoms with E-state index in [2.05, 4.69) is 17.8 Å². The zero-order valence-electron chi connectivity index (χ0n) is 13.4. The van der Waals surface area contributed by atoms with E-state index in [0.717, 1.165) is 12.0 Å². The Balaban J connectivity index is 1.78. The molecule has 2 rings (SSSR count). The summed E-state index contributed by atoms with van der Waals surface area (Å²) in [6.45, 7) is 2.08. The molecule has 2 aromatic rings. The summed E-state index contributed by atoms with van der Waals surface area (Å²) in [4.78, 5) is 23.4. The highest BCUT2D eigenvalue weighted by Gasteiger charge is 2.04. The third kappa shape index (κ3) is 5.68. The molecular formula is C19H19FN2O2. The molecule has 124 valence electrons. The van der Waals surface area contributed by atoms with Crippen LogP contribution in [0.4, 0.5) is 4.39 Å². The van der Waals surface area contributed by atoms with Crippen LogP contribution in [-0.2, 0) is 22.4 Å². The molecule has 0 radical (unpaired) electrons. The van der Waals surface area contributed by atoms with Crippen molar-refractivity contribution >= 4 is 17.9 Å². The van der Waals surface area contributed by atoms with Gasteiger partial charge in [0.25, 0.3) is 5.91 Å². The van der Waals surface area contributed by atoms with Gasteiger partial charge in [-0.2, -0.15) is 0 Å². The first kappa shape index (κ1) is 17.4. The van der Waals surface area contributed by atoms with E-state index in [1.165, 1.54) is 35.9 Å². The normalized spacial score (nSPS) is 10.6. The number of amides is 2. The van der Waals surface area contributed by atoms with Gasteiger partial charge in [0.2, 0.25) is 5.91 Å². The fourth-order valence-corrected chi connectivity index (χ4v) is 2.04. The molecule has 0 bridgehead atoms. The number of nitrogens with one attached hydrogen (secondary N) is 2. The number of hydrazine groups is 1. The van der Waals surface area contributed by atoms with Crippen LogP contribution in [0.5, 0.6) is 0 Å². The lowest BCUT2D eigenvalue weighted by molar-refractivity contribution is -0.126. The molecule has 5 heteroatoms. The number of carbonyl (C=O) groups is 2. The van der Waals surface area contributed by atoms with Crippen molar-refractivity contribution in [2.45, 2.75) is 19.8 Å². The molecule has 0 saturated carbocycles. The van der Waals surface area contributed by atoms with Crippen LogP contribution in [0.2, 0.25) is 0 Å². The third-order valence-electron chi connectivity index (χ3n) is 3.42. The summed E-state index contributed by atoms with van der Waals surface area (Å²) in [6, 6.07) is 13.5. The summed E-state index contributed by atoms with van der Waals surface area (Å²) in [5.41, 5.74) is 7.42. The monoisotopic (exact) mass is 326 g/mol. The second kappa shape index (κ2) is 8.62. The highest BCUT2D eigenvalue weighted by Crippen LogP contribution is 2.06. The van der Waals surface area contributed by atoms with Crippen LogP contribution in [0.15, 0.2) is 54.6 Å². The lowest BCUT2D eigenvalue weighted by Crippen LogP contribution is -2.41. The van der Waals surface area contributed by atoms with Gasteiger partial charge < -0.3 is 0 Å². The molecule has 4 nitrogen and oxygen atoms in total. The Bertz CT molecular complexity index is 722. The second-order valence-electron chi connectivity index (χ2n) is 5.27. The molecule has 0 aliphatic carbocycles. The summed E-state index contributed by atoms with van der Waals surface area (Å²) >= 11 is 0. The first-order valence-electron chi connectivity index (χ1n) is 7.67. The van der Waals surface area contributed by atoms with Gasteiger partial charge in [-0.25, -0.2) is 4.39 Å². The molecule has 0 atom stereocenters. The lowest BCUT2D eigenvalue weighted by Gasteiger charge is -2.05. The van der Waals surface area contributed by atoms with Crippen molar-refractivity contribution in [3.8, 4) is 0 Å². The first-order chi connectivity index (χ1) is 11.6. The summed E-state index contributed by atoms with van der Waals surface area (Å²) < 4.78 is 12.8. The fourth-order valence-electron chi connectivity index (χ4n) is 2.04. The van der Waals surface area contributed by atoms with E-state index in [-0.39, 0.29) is 18.1 Å². The minimum absolute atomic E-state index is 0.0583. The van der Waals surface area contributed by atoms with E-state index in [4.69, 9.17) is 0 Å². The number of hydrogen-bond acceptors (Lipinski definition) is 2. The Kier molecular flexibility index (Phi) is 6.25. The van der Waals surface area contributed by atoms with Crippen LogP contribution in [0, 0.1) is 5.82 Å². The van der Waals surface area contributed by atoms with Gasteiger partial charge in [-0.3, -0.25) is 20.4 Å². The molecule has 0 heterocycles. The van der Waals surface area contributed by atoms with Gasteiger partial charge in [0, 0.05) is 6.08 Å². The molecule has 24 heavy (non-hydrogen) atoms. The fraction of sp³-hybridized carbons (Fsp3) is 0.158. The molecule has 0 aromatic heterocycles. The first-order valence-corrected chi connectivity index (χ1v) is 7.67. The molecule has 2 N–H and O–H groups in total. The highest BCUT2D eigenvalue weighted by atomic mass is 19.1. The van der Waals surface area contributed by atoms with Crippen LogP contribution in [-0.4, -0.2) is 11.8 Å². The Morgan fingerprint density at radius 3 is 2.21 bits per heavy atom. The van der Waals surface area contributed by atoms with Crippen LogP contribution >= 0.6 is 0 Å². The number of carbonyl (C=O) groups excluding carboxylic acids is 2. The predicted molar refractivity (Wildman–Crippen MR) is 91.2 cm³/mol. The Labute approximate surface area is 140 Å². The zero-order chi connectivity index (χ0) is 17.4. The topological polar surface area (TPSA) is 58.2 Å². The second-order valence-corrected chi connectivity index (χ2v) is 5.27. The van der Waals surface area contributed by atoms with Crippen molar-refractivity contribution in [1.29, 1.82) is 0 Å². The Hall–Kier alpha value is -2.95. The van der Waals surface area contributed by atoms with E-state index in [1.54, 1.807) is 6.08 Å². The van der Waals surface area contributed by atoms with Gasteiger partial charge in [0.15, 0.2) is 0 Å². The SMILES string of the molecule is CCc1ccc(/C=C/C(=O)NNC(=O)Cc2ccc(F)cc2)cc1. The molecule has 0 spiro atoms. The maximum atomic E-state index is 12.8. The summed E-state index contributed by atoms with van der Waals surface area (Å²) in [7, 11) is 0. The Morgan fingerprint density at radius 2 is 1.58 bits per heavy atom. The average molecular weight is 326 g/mol. The van der Waals surface area contributed by atoms with Gasteiger partial charge in [-0.1, -0.05) is 43.3 Å². The van der Waals surface area contributed by atoms with E-state index in [1.807, 2.05) is 24.3 Å². The quantitative estimate of drug-likeness (QED) is 0.656. The van der Waals surface area contributed by atoms with Gasteiger partial charge in [-0.15, -0.1) is 0 Å². The molecule has 0 aliphatic rings. The molecular weight excluding hydrogens is 307 g/mol. The van der Waals surface area contributed by atoms with Crippen molar-refractivity contribution in [1.82, 2.24) is 10.9 Å². The zero-order valence-corrected chi connectivity index (χ0v) is 13.4. The number of aryl methyl sites for hydroxylation is 1. The number of benzene rings is 2. The largest absolute Gasteiger partial charge is 0.273 e. The smallest absolute Gasteiger partial charge is 0.262 e. The summed E-state index contributed by atoms with van der Waals surface area (Å²) in [6.07, 6.45) is 4.04. The molecule has 2 aromatic carbocycles. The lowest BCUT2D eigenvalue weighted by atomic mass is 10.1. The summed E-state index contributed by atoms with van der Waals surface area (Å²) in [5, 5.41) is 0. The molecule has 0 unspecified atom stereocenters. The molecule has 0 saturated heterocycles. The molecule has 0 fully saturated rings. The van der Waals surface area contributed by atoms with Gasteiger partial charge in [0.05, 0.1) is 6.42 Å². The number of rotatable bonds is 5. The van der Waals surface area contributed by atoms with E-state index >= 15 is 0 Å². The minimum Gasteiger partial charge on any atom is -0.273 e. The number of hydrogen-bond donors (Lipinski definition) is 2. The van der Waals surface area contributed by atoms with Gasteiger partial charge >= 0.3 is 0 Å². The van der Waals surface area contributed by atoms with Crippen LogP contribution in [0.3, 0.4) is 0 Å². The highest BCUT2D eigenvalue weighted by molar-refractivity contribution is 5.93. The molecule has 2 amide bonds. The average Bonchev–Trinajstić information content (AvgIpc) is 2.60. The summed E-state index contributed by atoms with van der Waals surface area (Å²) in [5.74, 6) is -1.16. The van der Waals surface area contributed by atoms with Crippen molar-refractivity contribution in [2.24, 2.45) is 0 Å². The maximum absolute atomic E-state index is 12.8. The van der Waals surface area contributed by atoms with Crippen molar-refractivity contribution in [2.75, 3.05) is 0 Å². The van der Waals surface area contributed by atoms with Crippen molar-refractivity contribution in [3.63, 3.8) is 0 Å². The van der Waals surface area contributed by atoms with Crippen LogP contribution in [0.25, 0.3) is 6.08 Å². The third-order valence-corrected chi connectivity index (χ3v) is 3.42. The van der Waals surface area contributed by atoms with Gasteiger partial charge in [-0.05, 0) is 41.3 Å². The van der Waals surface area contributed by atoms with E-state index < -0.39 is 5.91 Å². The Morgan fingerprint density at radius 1 is 0.958 bits per heavy atom. The number of halogens is 1. The van der Waals surface area contributed by atoms with Crippen LogP contribution < -0.4 is 10.9 Å². The van der Waals surface area contributed by atoms with E-state index in [0.29, 0.717) is 5.56 Å². The minimum atomic E-state index is -0.429. The van der Waals surface area contributed by atoms with Crippen LogP contribution in [0.1, 0.15) is 23.6 Å². The molecule has 0 aliphatic heterocycles.